The van der Waals surface area contributed by atoms with Crippen LogP contribution in [0.3, 0.4) is 0 Å². The summed E-state index contributed by atoms with van der Waals surface area (Å²) in [5, 5.41) is 9.20. The van der Waals surface area contributed by atoms with Crippen molar-refractivity contribution in [3.63, 3.8) is 0 Å². The molecule has 0 saturated carbocycles. The monoisotopic (exact) mass is 507 g/mol. The number of methoxy groups -OCH3 is 1. The number of benzene rings is 3. The Hall–Kier alpha value is -4.76. The largest absolute Gasteiger partial charge is 0.497 e. The highest BCUT2D eigenvalue weighted by molar-refractivity contribution is 7.15. The predicted octanol–water partition coefficient (Wildman–Crippen LogP) is 4.14. The first-order valence-corrected chi connectivity index (χ1v) is 12.4. The van der Waals surface area contributed by atoms with Crippen LogP contribution < -0.4 is 19.6 Å². The maximum Gasteiger partial charge on any atom is 0.291 e. The quantitative estimate of drug-likeness (QED) is 0.323. The van der Waals surface area contributed by atoms with Gasteiger partial charge < -0.3 is 9.47 Å². The second-order valence-corrected chi connectivity index (χ2v) is 9.19. The fraction of sp³-hybridized carbons (Fsp3) is 0.0714. The van der Waals surface area contributed by atoms with Crippen molar-refractivity contribution < 1.29 is 9.47 Å². The Balaban J connectivity index is 1.38. The van der Waals surface area contributed by atoms with E-state index < -0.39 is 0 Å². The number of hydrogen-bond donors (Lipinski definition) is 0. The first kappa shape index (κ1) is 22.7. The van der Waals surface area contributed by atoms with Crippen LogP contribution in [0.15, 0.2) is 95.9 Å². The van der Waals surface area contributed by atoms with Crippen molar-refractivity contribution in [2.75, 3.05) is 7.11 Å². The van der Waals surface area contributed by atoms with Crippen LogP contribution in [0.4, 0.5) is 0 Å². The second kappa shape index (κ2) is 9.71. The van der Waals surface area contributed by atoms with Crippen molar-refractivity contribution in [1.82, 2.24) is 24.4 Å². The molecule has 0 unspecified atom stereocenters. The smallest absolute Gasteiger partial charge is 0.291 e. The lowest BCUT2D eigenvalue weighted by Crippen LogP contribution is -2.24. The lowest BCUT2D eigenvalue weighted by Gasteiger charge is -2.02. The van der Waals surface area contributed by atoms with E-state index in [0.29, 0.717) is 15.3 Å². The average molecular weight is 508 g/mol. The Morgan fingerprint density at radius 3 is 2.32 bits per heavy atom. The molecule has 6 aromatic rings. The fourth-order valence-electron chi connectivity index (χ4n) is 3.92. The molecule has 0 aliphatic heterocycles. The summed E-state index contributed by atoms with van der Waals surface area (Å²) in [4.78, 5) is 18.2. The van der Waals surface area contributed by atoms with Gasteiger partial charge in [-0.25, -0.2) is 4.68 Å². The molecule has 3 heterocycles. The molecule has 8 nitrogen and oxygen atoms in total. The number of hydrogen-bond acceptors (Lipinski definition) is 7. The first-order chi connectivity index (χ1) is 18.2. The molecule has 3 aromatic heterocycles. The summed E-state index contributed by atoms with van der Waals surface area (Å²) in [5.41, 5.74) is 3.16. The maximum absolute atomic E-state index is 13.2. The standard InChI is InChI=1S/C28H21N5O3S/c1-35-22-14-12-19(13-15-22)26-20(17-32(31-26)21-8-4-2-5-9-21)16-24-27(34)33-28(37-24)29-25(30-33)18-36-23-10-6-3-7-11-23/h2-17H,18H2,1H3/b24-16-. The summed E-state index contributed by atoms with van der Waals surface area (Å²) in [5.74, 6) is 1.93. The third kappa shape index (κ3) is 4.60. The minimum atomic E-state index is -0.230. The molecule has 0 atom stereocenters. The van der Waals surface area contributed by atoms with Crippen LogP contribution in [0.25, 0.3) is 28.0 Å². The van der Waals surface area contributed by atoms with Crippen molar-refractivity contribution in [3.05, 3.63) is 117 Å². The molecule has 9 heteroatoms. The van der Waals surface area contributed by atoms with E-state index in [2.05, 4.69) is 10.1 Å². The summed E-state index contributed by atoms with van der Waals surface area (Å²) < 4.78 is 14.7. The molecular weight excluding hydrogens is 486 g/mol. The van der Waals surface area contributed by atoms with Crippen LogP contribution in [0, 0.1) is 0 Å². The van der Waals surface area contributed by atoms with E-state index in [9.17, 15) is 4.79 Å². The number of rotatable bonds is 7. The predicted molar refractivity (Wildman–Crippen MR) is 142 cm³/mol. The van der Waals surface area contributed by atoms with Crippen molar-refractivity contribution in [3.8, 4) is 28.4 Å². The molecule has 0 fully saturated rings. The zero-order valence-corrected chi connectivity index (χ0v) is 20.6. The van der Waals surface area contributed by atoms with Gasteiger partial charge in [0, 0.05) is 17.3 Å². The third-order valence-electron chi connectivity index (χ3n) is 5.75. The normalized spacial score (nSPS) is 11.8. The van der Waals surface area contributed by atoms with Crippen molar-refractivity contribution in [1.29, 1.82) is 0 Å². The van der Waals surface area contributed by atoms with Gasteiger partial charge in [-0.05, 0) is 54.6 Å². The van der Waals surface area contributed by atoms with Gasteiger partial charge in [-0.2, -0.15) is 14.6 Å². The summed E-state index contributed by atoms with van der Waals surface area (Å²) in [6.07, 6.45) is 3.76. The topological polar surface area (TPSA) is 83.5 Å². The van der Waals surface area contributed by atoms with E-state index >= 15 is 0 Å². The molecule has 0 aliphatic carbocycles. The van der Waals surface area contributed by atoms with Crippen LogP contribution in [-0.2, 0) is 6.61 Å². The van der Waals surface area contributed by atoms with Gasteiger partial charge in [0.1, 0.15) is 23.8 Å². The number of nitrogens with zero attached hydrogens (tertiary/aromatic N) is 5. The van der Waals surface area contributed by atoms with Gasteiger partial charge in [-0.15, -0.1) is 5.10 Å². The Labute approximate surface area is 215 Å². The molecule has 6 rings (SSSR count). The molecule has 0 bridgehead atoms. The Kier molecular flexibility index (Phi) is 5.95. The molecule has 0 aliphatic rings. The zero-order valence-electron chi connectivity index (χ0n) is 19.8. The van der Waals surface area contributed by atoms with Gasteiger partial charge in [-0.3, -0.25) is 4.79 Å². The molecule has 3 aromatic carbocycles. The minimum Gasteiger partial charge on any atom is -0.497 e. The lowest BCUT2D eigenvalue weighted by atomic mass is 10.1. The number of aromatic nitrogens is 5. The number of thiazole rings is 1. The van der Waals surface area contributed by atoms with Gasteiger partial charge in [-0.1, -0.05) is 47.7 Å². The summed E-state index contributed by atoms with van der Waals surface area (Å²) in [6.45, 7) is 0.183. The molecule has 0 N–H and O–H groups in total. The van der Waals surface area contributed by atoms with E-state index in [0.717, 1.165) is 34.0 Å². The number of fused-ring (bicyclic) bond motifs is 1. The zero-order chi connectivity index (χ0) is 25.2. The summed E-state index contributed by atoms with van der Waals surface area (Å²) in [6, 6.07) is 27.0. The summed E-state index contributed by atoms with van der Waals surface area (Å²) >= 11 is 1.28. The number of para-hydroxylation sites is 2. The molecular formula is C28H21N5O3S. The van der Waals surface area contributed by atoms with Crippen molar-refractivity contribution in [2.45, 2.75) is 6.61 Å². The van der Waals surface area contributed by atoms with Crippen LogP contribution in [0.1, 0.15) is 11.4 Å². The van der Waals surface area contributed by atoms with Gasteiger partial charge >= 0.3 is 0 Å². The molecule has 182 valence electrons. The van der Waals surface area contributed by atoms with Crippen LogP contribution in [0.2, 0.25) is 0 Å². The highest BCUT2D eigenvalue weighted by Crippen LogP contribution is 2.26. The molecule has 0 spiro atoms. The molecule has 37 heavy (non-hydrogen) atoms. The molecule has 0 radical (unpaired) electrons. The average Bonchev–Trinajstić information content (AvgIpc) is 3.63. The van der Waals surface area contributed by atoms with E-state index in [1.807, 2.05) is 102 Å². The van der Waals surface area contributed by atoms with Gasteiger partial charge in [0.05, 0.1) is 17.3 Å². The summed E-state index contributed by atoms with van der Waals surface area (Å²) in [7, 11) is 1.63. The Morgan fingerprint density at radius 1 is 0.892 bits per heavy atom. The van der Waals surface area contributed by atoms with Crippen LogP contribution >= 0.6 is 11.3 Å². The van der Waals surface area contributed by atoms with Gasteiger partial charge in [0.15, 0.2) is 5.82 Å². The van der Waals surface area contributed by atoms with Crippen LogP contribution in [-0.4, -0.2) is 31.5 Å². The third-order valence-corrected chi connectivity index (χ3v) is 6.71. The minimum absolute atomic E-state index is 0.183. The highest BCUT2D eigenvalue weighted by Gasteiger charge is 2.15. The highest BCUT2D eigenvalue weighted by atomic mass is 32.1. The molecule has 0 amide bonds. The van der Waals surface area contributed by atoms with Crippen LogP contribution in [0.5, 0.6) is 11.5 Å². The van der Waals surface area contributed by atoms with E-state index in [1.165, 1.54) is 15.9 Å². The maximum atomic E-state index is 13.2. The fourth-order valence-corrected chi connectivity index (χ4v) is 4.84. The van der Waals surface area contributed by atoms with E-state index in [1.54, 1.807) is 7.11 Å². The second-order valence-electron chi connectivity index (χ2n) is 8.18. The van der Waals surface area contributed by atoms with E-state index in [4.69, 9.17) is 14.6 Å². The molecule has 0 saturated heterocycles. The SMILES string of the molecule is COc1ccc(-c2nn(-c3ccccc3)cc2/C=c2\sc3nc(COc4ccccc4)nn3c2=O)cc1. The number of ether oxygens (including phenoxy) is 2. The van der Waals surface area contributed by atoms with Gasteiger partial charge in [0.25, 0.3) is 5.56 Å². The Bertz CT molecular complexity index is 1780. The first-order valence-electron chi connectivity index (χ1n) is 11.6. The van der Waals surface area contributed by atoms with E-state index in [-0.39, 0.29) is 12.2 Å². The Morgan fingerprint density at radius 2 is 1.62 bits per heavy atom. The van der Waals surface area contributed by atoms with Crippen molar-refractivity contribution in [2.24, 2.45) is 0 Å². The lowest BCUT2D eigenvalue weighted by molar-refractivity contribution is 0.296. The van der Waals surface area contributed by atoms with Gasteiger partial charge in [0.2, 0.25) is 4.96 Å². The van der Waals surface area contributed by atoms with Crippen molar-refractivity contribution >= 4 is 22.4 Å².